The van der Waals surface area contributed by atoms with Crippen LogP contribution in [0.5, 0.6) is 0 Å². The Bertz CT molecular complexity index is 153. The number of likely N-dealkylation sites (tertiary alicyclic amines) is 1. The van der Waals surface area contributed by atoms with Crippen molar-refractivity contribution in [3.8, 4) is 0 Å². The largest absolute Gasteiger partial charge is 0.379 e. The molecule has 0 aromatic carbocycles. The van der Waals surface area contributed by atoms with Crippen LogP contribution in [0.25, 0.3) is 0 Å². The van der Waals surface area contributed by atoms with Crippen LogP contribution in [0.4, 0.5) is 0 Å². The first kappa shape index (κ1) is 9.40. The summed E-state index contributed by atoms with van der Waals surface area (Å²) in [5.74, 6) is 0. The van der Waals surface area contributed by atoms with Crippen molar-refractivity contribution in [2.75, 3.05) is 52.5 Å². The van der Waals surface area contributed by atoms with Crippen molar-refractivity contribution in [3.05, 3.63) is 0 Å². The van der Waals surface area contributed by atoms with Gasteiger partial charge in [0.25, 0.3) is 0 Å². The van der Waals surface area contributed by atoms with Gasteiger partial charge in [-0.2, -0.15) is 0 Å². The van der Waals surface area contributed by atoms with Gasteiger partial charge < -0.3 is 10.5 Å². The van der Waals surface area contributed by atoms with Gasteiger partial charge in [0.1, 0.15) is 0 Å². The molecule has 2 heterocycles. The van der Waals surface area contributed by atoms with E-state index in [9.17, 15) is 0 Å². The van der Waals surface area contributed by atoms with Gasteiger partial charge in [0.15, 0.2) is 0 Å². The second-order valence-electron chi connectivity index (χ2n) is 3.85. The quantitative estimate of drug-likeness (QED) is 0.610. The average Bonchev–Trinajstić information content (AvgIpc) is 2.12. The van der Waals surface area contributed by atoms with Crippen molar-refractivity contribution < 1.29 is 4.74 Å². The number of hydrogen-bond acceptors (Lipinski definition) is 4. The van der Waals surface area contributed by atoms with E-state index in [0.717, 1.165) is 45.4 Å². The predicted molar refractivity (Wildman–Crippen MR) is 51.7 cm³/mol. The first-order valence-electron chi connectivity index (χ1n) is 5.14. The number of nitrogens with zero attached hydrogens (tertiary/aromatic N) is 2. The summed E-state index contributed by atoms with van der Waals surface area (Å²) in [6.45, 7) is 8.30. The minimum absolute atomic E-state index is 0.774. The summed E-state index contributed by atoms with van der Waals surface area (Å²) in [5.41, 5.74) is 5.49. The highest BCUT2D eigenvalue weighted by molar-refractivity contribution is 4.88. The smallest absolute Gasteiger partial charge is 0.0594 e. The summed E-state index contributed by atoms with van der Waals surface area (Å²) in [4.78, 5) is 4.96. The normalized spacial score (nSPS) is 27.5. The van der Waals surface area contributed by atoms with E-state index in [4.69, 9.17) is 10.5 Å². The number of nitrogens with two attached hydrogens (primary N) is 1. The van der Waals surface area contributed by atoms with Gasteiger partial charge in [0.05, 0.1) is 13.2 Å². The van der Waals surface area contributed by atoms with Crippen molar-refractivity contribution in [3.63, 3.8) is 0 Å². The molecule has 13 heavy (non-hydrogen) atoms. The lowest BCUT2D eigenvalue weighted by Gasteiger charge is -2.46. The number of rotatable bonds is 3. The summed E-state index contributed by atoms with van der Waals surface area (Å²) < 4.78 is 5.32. The maximum atomic E-state index is 5.49. The fourth-order valence-electron chi connectivity index (χ4n) is 2.08. The maximum absolute atomic E-state index is 5.49. The first-order valence-corrected chi connectivity index (χ1v) is 5.14. The molecular weight excluding hydrogens is 166 g/mol. The van der Waals surface area contributed by atoms with E-state index in [-0.39, 0.29) is 0 Å². The molecule has 0 unspecified atom stereocenters. The zero-order valence-electron chi connectivity index (χ0n) is 8.11. The zero-order valence-corrected chi connectivity index (χ0v) is 8.11. The fraction of sp³-hybridized carbons (Fsp3) is 1.00. The van der Waals surface area contributed by atoms with E-state index in [1.807, 2.05) is 0 Å². The molecule has 0 atom stereocenters. The molecule has 0 aromatic heterocycles. The van der Waals surface area contributed by atoms with E-state index in [1.54, 1.807) is 0 Å². The Balaban J connectivity index is 1.66. The Labute approximate surface area is 79.6 Å². The third-order valence-electron chi connectivity index (χ3n) is 2.95. The molecule has 2 saturated heterocycles. The topological polar surface area (TPSA) is 41.7 Å². The lowest BCUT2D eigenvalue weighted by molar-refractivity contribution is -0.0309. The molecular formula is C9H19N3O. The van der Waals surface area contributed by atoms with Crippen molar-refractivity contribution in [1.82, 2.24) is 9.80 Å². The third kappa shape index (κ3) is 2.20. The van der Waals surface area contributed by atoms with Crippen LogP contribution < -0.4 is 5.73 Å². The van der Waals surface area contributed by atoms with Crippen LogP contribution in [0.3, 0.4) is 0 Å². The summed E-state index contributed by atoms with van der Waals surface area (Å²) in [6, 6.07) is 0.774. The van der Waals surface area contributed by atoms with Gasteiger partial charge in [0, 0.05) is 45.3 Å². The molecule has 0 aliphatic carbocycles. The Kier molecular flexibility index (Phi) is 3.16. The van der Waals surface area contributed by atoms with Gasteiger partial charge in [0.2, 0.25) is 0 Å². The Morgan fingerprint density at radius 2 is 1.92 bits per heavy atom. The molecule has 2 aliphatic heterocycles. The van der Waals surface area contributed by atoms with E-state index < -0.39 is 0 Å². The van der Waals surface area contributed by atoms with E-state index >= 15 is 0 Å². The number of morpholine rings is 1. The molecule has 0 radical (unpaired) electrons. The lowest BCUT2D eigenvalue weighted by Crippen LogP contribution is -2.62. The van der Waals surface area contributed by atoms with Crippen LogP contribution in [-0.2, 0) is 4.74 Å². The summed E-state index contributed by atoms with van der Waals surface area (Å²) >= 11 is 0. The number of ether oxygens (including phenoxy) is 1. The Morgan fingerprint density at radius 1 is 1.23 bits per heavy atom. The molecule has 0 saturated carbocycles. The fourth-order valence-corrected chi connectivity index (χ4v) is 2.08. The van der Waals surface area contributed by atoms with Crippen molar-refractivity contribution in [2.24, 2.45) is 5.73 Å². The van der Waals surface area contributed by atoms with Crippen LogP contribution in [0, 0.1) is 0 Å². The van der Waals surface area contributed by atoms with Crippen LogP contribution in [0.15, 0.2) is 0 Å². The minimum Gasteiger partial charge on any atom is -0.379 e. The lowest BCUT2D eigenvalue weighted by atomic mass is 10.1. The monoisotopic (exact) mass is 185 g/mol. The van der Waals surface area contributed by atoms with Crippen molar-refractivity contribution in [1.29, 1.82) is 0 Å². The molecule has 0 spiro atoms. The third-order valence-corrected chi connectivity index (χ3v) is 2.95. The molecule has 0 bridgehead atoms. The molecule has 0 aromatic rings. The molecule has 2 aliphatic rings. The minimum atomic E-state index is 0.774. The Hall–Kier alpha value is -0.160. The molecule has 2 N–H and O–H groups in total. The van der Waals surface area contributed by atoms with Crippen LogP contribution in [-0.4, -0.2) is 68.3 Å². The first-order chi connectivity index (χ1) is 6.40. The Morgan fingerprint density at radius 3 is 2.54 bits per heavy atom. The van der Waals surface area contributed by atoms with Crippen LogP contribution in [0.2, 0.25) is 0 Å². The molecule has 2 rings (SSSR count). The molecule has 2 fully saturated rings. The van der Waals surface area contributed by atoms with Gasteiger partial charge in [-0.3, -0.25) is 9.80 Å². The summed E-state index contributed by atoms with van der Waals surface area (Å²) in [7, 11) is 0. The van der Waals surface area contributed by atoms with Crippen molar-refractivity contribution in [2.45, 2.75) is 6.04 Å². The van der Waals surface area contributed by atoms with Crippen LogP contribution in [0.1, 0.15) is 0 Å². The standard InChI is InChI=1S/C9H19N3O/c10-1-2-11-7-9(8-11)12-3-5-13-6-4-12/h9H,1-8,10H2. The number of hydrogen-bond donors (Lipinski definition) is 1. The van der Waals surface area contributed by atoms with Gasteiger partial charge in [-0.15, -0.1) is 0 Å². The molecule has 76 valence electrons. The van der Waals surface area contributed by atoms with E-state index in [1.165, 1.54) is 13.1 Å². The molecule has 4 heteroatoms. The average molecular weight is 185 g/mol. The van der Waals surface area contributed by atoms with Crippen LogP contribution >= 0.6 is 0 Å². The highest BCUT2D eigenvalue weighted by Crippen LogP contribution is 2.15. The van der Waals surface area contributed by atoms with Gasteiger partial charge in [-0.05, 0) is 0 Å². The second kappa shape index (κ2) is 4.37. The van der Waals surface area contributed by atoms with E-state index in [0.29, 0.717) is 0 Å². The predicted octanol–water partition coefficient (Wildman–Crippen LogP) is -1.04. The SMILES string of the molecule is NCCN1CC(N2CCOCC2)C1. The van der Waals surface area contributed by atoms with Gasteiger partial charge >= 0.3 is 0 Å². The second-order valence-corrected chi connectivity index (χ2v) is 3.85. The summed E-state index contributed by atoms with van der Waals surface area (Å²) in [5, 5.41) is 0. The molecule has 0 amide bonds. The van der Waals surface area contributed by atoms with Gasteiger partial charge in [-0.1, -0.05) is 0 Å². The highest BCUT2D eigenvalue weighted by atomic mass is 16.5. The zero-order chi connectivity index (χ0) is 9.10. The summed E-state index contributed by atoms with van der Waals surface area (Å²) in [6.07, 6.45) is 0. The highest BCUT2D eigenvalue weighted by Gasteiger charge is 2.31. The van der Waals surface area contributed by atoms with E-state index in [2.05, 4.69) is 9.80 Å². The maximum Gasteiger partial charge on any atom is 0.0594 e. The molecule has 4 nitrogen and oxygen atoms in total. The van der Waals surface area contributed by atoms with Gasteiger partial charge in [-0.25, -0.2) is 0 Å². The van der Waals surface area contributed by atoms with Crippen molar-refractivity contribution >= 4 is 0 Å².